The van der Waals surface area contributed by atoms with Crippen molar-refractivity contribution in [3.63, 3.8) is 0 Å². The molecule has 1 saturated heterocycles. The molecule has 24 heavy (non-hydrogen) atoms. The largest absolute Gasteiger partial charge is 0.491 e. The van der Waals surface area contributed by atoms with Crippen molar-refractivity contribution in [2.75, 3.05) is 45.9 Å². The van der Waals surface area contributed by atoms with Gasteiger partial charge in [-0.3, -0.25) is 4.90 Å². The number of carbonyl (C=O) groups is 1. The van der Waals surface area contributed by atoms with Crippen LogP contribution in [0.15, 0.2) is 24.3 Å². The highest BCUT2D eigenvalue weighted by molar-refractivity contribution is 6.32. The summed E-state index contributed by atoms with van der Waals surface area (Å²) in [6, 6.07) is 7.58. The lowest BCUT2D eigenvalue weighted by Crippen LogP contribution is -2.52. The molecule has 1 aromatic rings. The number of nitrogens with zero attached hydrogens (tertiary/aromatic N) is 2. The Morgan fingerprint density at radius 3 is 2.67 bits per heavy atom. The SMILES string of the molecule is CCCCCNC(=O)N1CCN(CCOc2ccccc2Cl)CC1. The summed E-state index contributed by atoms with van der Waals surface area (Å²) in [6.07, 6.45) is 3.39. The molecule has 0 bridgehead atoms. The molecule has 0 aliphatic carbocycles. The first-order valence-corrected chi connectivity index (χ1v) is 9.21. The third kappa shape index (κ3) is 6.21. The Bertz CT molecular complexity index is 505. The van der Waals surface area contributed by atoms with Crippen LogP contribution in [0.5, 0.6) is 5.75 Å². The first-order chi connectivity index (χ1) is 11.7. The van der Waals surface area contributed by atoms with Gasteiger partial charge in [-0.15, -0.1) is 0 Å². The standard InChI is InChI=1S/C18H28ClN3O2/c1-2-3-6-9-20-18(23)22-12-10-21(11-13-22)14-15-24-17-8-5-4-7-16(17)19/h4-5,7-8H,2-3,6,9-15H2,1H3,(H,20,23). The lowest BCUT2D eigenvalue weighted by atomic mass is 10.2. The average molecular weight is 354 g/mol. The number of carbonyl (C=O) groups excluding carboxylic acids is 1. The van der Waals surface area contributed by atoms with E-state index in [0.717, 1.165) is 51.4 Å². The van der Waals surface area contributed by atoms with E-state index in [-0.39, 0.29) is 6.03 Å². The predicted molar refractivity (Wildman–Crippen MR) is 97.9 cm³/mol. The van der Waals surface area contributed by atoms with Crippen molar-refractivity contribution in [1.82, 2.24) is 15.1 Å². The summed E-state index contributed by atoms with van der Waals surface area (Å²) in [5, 5.41) is 3.64. The molecular formula is C18H28ClN3O2. The van der Waals surface area contributed by atoms with Crippen molar-refractivity contribution < 1.29 is 9.53 Å². The number of nitrogens with one attached hydrogen (secondary N) is 1. The zero-order chi connectivity index (χ0) is 17.2. The monoisotopic (exact) mass is 353 g/mol. The molecule has 6 heteroatoms. The molecule has 0 radical (unpaired) electrons. The minimum atomic E-state index is 0.0677. The van der Waals surface area contributed by atoms with Crippen LogP contribution >= 0.6 is 11.6 Å². The topological polar surface area (TPSA) is 44.8 Å². The number of piperazine rings is 1. The Kier molecular flexibility index (Phi) is 8.19. The molecule has 0 unspecified atom stereocenters. The van der Waals surface area contributed by atoms with E-state index in [1.54, 1.807) is 0 Å². The fourth-order valence-corrected chi connectivity index (χ4v) is 2.89. The molecule has 2 amide bonds. The van der Waals surface area contributed by atoms with E-state index in [0.29, 0.717) is 11.6 Å². The third-order valence-corrected chi connectivity index (χ3v) is 4.53. The molecule has 1 aliphatic rings. The third-order valence-electron chi connectivity index (χ3n) is 4.22. The van der Waals surface area contributed by atoms with E-state index in [4.69, 9.17) is 16.3 Å². The number of ether oxygens (including phenoxy) is 1. The summed E-state index contributed by atoms with van der Waals surface area (Å²) in [7, 11) is 0. The van der Waals surface area contributed by atoms with Crippen LogP contribution in [-0.4, -0.2) is 61.7 Å². The number of benzene rings is 1. The van der Waals surface area contributed by atoms with Crippen molar-refractivity contribution in [3.05, 3.63) is 29.3 Å². The highest BCUT2D eigenvalue weighted by atomic mass is 35.5. The summed E-state index contributed by atoms with van der Waals surface area (Å²) in [6.45, 7) is 7.69. The van der Waals surface area contributed by atoms with Crippen LogP contribution < -0.4 is 10.1 Å². The number of halogens is 1. The zero-order valence-electron chi connectivity index (χ0n) is 14.5. The van der Waals surface area contributed by atoms with E-state index < -0.39 is 0 Å². The fourth-order valence-electron chi connectivity index (χ4n) is 2.70. The van der Waals surface area contributed by atoms with E-state index in [1.807, 2.05) is 29.2 Å². The van der Waals surface area contributed by atoms with Gasteiger partial charge in [0.2, 0.25) is 0 Å². The fraction of sp³-hybridized carbons (Fsp3) is 0.611. The smallest absolute Gasteiger partial charge is 0.317 e. The average Bonchev–Trinajstić information content (AvgIpc) is 2.61. The van der Waals surface area contributed by atoms with Gasteiger partial charge in [0.15, 0.2) is 0 Å². The maximum Gasteiger partial charge on any atom is 0.317 e. The Morgan fingerprint density at radius 1 is 1.21 bits per heavy atom. The summed E-state index contributed by atoms with van der Waals surface area (Å²) >= 11 is 6.07. The van der Waals surface area contributed by atoms with Crippen molar-refractivity contribution >= 4 is 17.6 Å². The summed E-state index contributed by atoms with van der Waals surface area (Å²) in [4.78, 5) is 16.3. The van der Waals surface area contributed by atoms with Crippen LogP contribution in [0.2, 0.25) is 5.02 Å². The van der Waals surface area contributed by atoms with Crippen molar-refractivity contribution in [2.24, 2.45) is 0 Å². The van der Waals surface area contributed by atoms with Gasteiger partial charge in [-0.1, -0.05) is 43.5 Å². The van der Waals surface area contributed by atoms with E-state index in [1.165, 1.54) is 12.8 Å². The van der Waals surface area contributed by atoms with Crippen LogP contribution in [0.4, 0.5) is 4.79 Å². The van der Waals surface area contributed by atoms with Crippen molar-refractivity contribution in [1.29, 1.82) is 0 Å². The highest BCUT2D eigenvalue weighted by Crippen LogP contribution is 2.22. The second-order valence-electron chi connectivity index (χ2n) is 6.05. The Balaban J connectivity index is 1.60. The number of para-hydroxylation sites is 1. The van der Waals surface area contributed by atoms with Gasteiger partial charge in [0, 0.05) is 39.3 Å². The molecule has 5 nitrogen and oxygen atoms in total. The number of rotatable bonds is 8. The van der Waals surface area contributed by atoms with Gasteiger partial charge in [-0.2, -0.15) is 0 Å². The Hall–Kier alpha value is -1.46. The van der Waals surface area contributed by atoms with E-state index >= 15 is 0 Å². The second kappa shape index (κ2) is 10.4. The van der Waals surface area contributed by atoms with Crippen molar-refractivity contribution in [2.45, 2.75) is 26.2 Å². The molecule has 134 valence electrons. The summed E-state index contributed by atoms with van der Waals surface area (Å²) in [5.74, 6) is 0.726. The minimum absolute atomic E-state index is 0.0677. The van der Waals surface area contributed by atoms with Gasteiger partial charge in [0.25, 0.3) is 0 Å². The summed E-state index contributed by atoms with van der Waals surface area (Å²) < 4.78 is 5.72. The molecule has 1 fully saturated rings. The van der Waals surface area contributed by atoms with Gasteiger partial charge in [0.1, 0.15) is 12.4 Å². The molecule has 0 atom stereocenters. The maximum atomic E-state index is 12.1. The lowest BCUT2D eigenvalue weighted by molar-refractivity contribution is 0.126. The zero-order valence-corrected chi connectivity index (χ0v) is 15.2. The van der Waals surface area contributed by atoms with Crippen LogP contribution in [0.1, 0.15) is 26.2 Å². The highest BCUT2D eigenvalue weighted by Gasteiger charge is 2.20. The molecule has 1 aliphatic heterocycles. The number of hydrogen-bond donors (Lipinski definition) is 1. The molecule has 1 aromatic carbocycles. The van der Waals surface area contributed by atoms with Gasteiger partial charge >= 0.3 is 6.03 Å². The Labute approximate surface area is 149 Å². The first-order valence-electron chi connectivity index (χ1n) is 8.83. The minimum Gasteiger partial charge on any atom is -0.491 e. The van der Waals surface area contributed by atoms with Crippen LogP contribution in [0.3, 0.4) is 0 Å². The maximum absolute atomic E-state index is 12.1. The van der Waals surface area contributed by atoms with Gasteiger partial charge in [-0.05, 0) is 18.6 Å². The molecular weight excluding hydrogens is 326 g/mol. The van der Waals surface area contributed by atoms with E-state index in [9.17, 15) is 4.79 Å². The van der Waals surface area contributed by atoms with Crippen LogP contribution in [-0.2, 0) is 0 Å². The van der Waals surface area contributed by atoms with Gasteiger partial charge in [-0.25, -0.2) is 4.79 Å². The number of urea groups is 1. The molecule has 2 rings (SSSR count). The molecule has 0 saturated carbocycles. The molecule has 0 aromatic heterocycles. The van der Waals surface area contributed by atoms with Crippen LogP contribution in [0.25, 0.3) is 0 Å². The first kappa shape index (κ1) is 18.9. The number of hydrogen-bond acceptors (Lipinski definition) is 3. The van der Waals surface area contributed by atoms with E-state index in [2.05, 4.69) is 17.1 Å². The summed E-state index contributed by atoms with van der Waals surface area (Å²) in [5.41, 5.74) is 0. The van der Waals surface area contributed by atoms with Gasteiger partial charge in [0.05, 0.1) is 5.02 Å². The Morgan fingerprint density at radius 2 is 1.96 bits per heavy atom. The quantitative estimate of drug-likeness (QED) is 0.730. The normalized spacial score (nSPS) is 15.3. The van der Waals surface area contributed by atoms with Crippen molar-refractivity contribution in [3.8, 4) is 5.75 Å². The number of unbranched alkanes of at least 4 members (excludes halogenated alkanes) is 2. The molecule has 0 spiro atoms. The predicted octanol–water partition coefficient (Wildman–Crippen LogP) is 3.24. The molecule has 1 heterocycles. The molecule has 1 N–H and O–H groups in total. The number of amides is 2. The van der Waals surface area contributed by atoms with Gasteiger partial charge < -0.3 is 15.0 Å². The second-order valence-corrected chi connectivity index (χ2v) is 6.45. The van der Waals surface area contributed by atoms with Crippen LogP contribution in [0, 0.1) is 0 Å². The lowest BCUT2D eigenvalue weighted by Gasteiger charge is -2.34.